The number of pyridine rings is 1. The molecule has 0 radical (unpaired) electrons. The second-order valence-electron chi connectivity index (χ2n) is 17.7. The molecule has 0 bridgehead atoms. The SMILES string of the molecule is CC(C)(C)c1ccnc(-n2c3[c-]c(Oc4[c-]c5c(cc4)[Si](C)(C)c4cccc6c4n-5[c-][n+]6-c4ccccc4)ccc3c3c(-n4c5ccccc5c5ccccc54)cccc32)c1.[CH3-].[Pt+4]. The molecule has 0 aliphatic carbocycles. The molecule has 0 saturated heterocycles. The number of rotatable bonds is 5. The Morgan fingerprint density at radius 3 is 2.05 bits per heavy atom. The van der Waals surface area contributed by atoms with Crippen molar-refractivity contribution < 1.29 is 30.4 Å². The Bertz CT molecular complexity index is 3540. The zero-order chi connectivity index (χ0) is 41.2. The molecule has 0 fully saturated rings. The van der Waals surface area contributed by atoms with Gasteiger partial charge in [0.25, 0.3) is 6.33 Å². The van der Waals surface area contributed by atoms with Gasteiger partial charge in [-0.05, 0) is 70.6 Å². The number of fused-ring (bicyclic) bond motifs is 8. The topological polar surface area (TPSA) is 40.8 Å². The van der Waals surface area contributed by atoms with Crippen LogP contribution in [0.25, 0.3) is 77.5 Å². The Kier molecular flexibility index (Phi) is 9.52. The summed E-state index contributed by atoms with van der Waals surface area (Å²) in [4.78, 5) is 5.01. The minimum absolute atomic E-state index is 0. The van der Waals surface area contributed by atoms with E-state index in [1.165, 1.54) is 32.2 Å². The van der Waals surface area contributed by atoms with Crippen LogP contribution in [0, 0.1) is 25.9 Å². The van der Waals surface area contributed by atoms with Gasteiger partial charge in [0.1, 0.15) is 5.82 Å². The van der Waals surface area contributed by atoms with Gasteiger partial charge in [-0.1, -0.05) is 129 Å². The number of ether oxygens (including phenoxy) is 1. The largest absolute Gasteiger partial charge is 4.00 e. The van der Waals surface area contributed by atoms with E-state index in [1.807, 2.05) is 18.3 Å². The second kappa shape index (κ2) is 14.8. The maximum Gasteiger partial charge on any atom is 4.00 e. The number of aromatic nitrogens is 5. The molecule has 6 nitrogen and oxygen atoms in total. The van der Waals surface area contributed by atoms with Crippen molar-refractivity contribution in [2.45, 2.75) is 39.3 Å². The molecule has 5 heterocycles. The Labute approximate surface area is 382 Å². The zero-order valence-corrected chi connectivity index (χ0v) is 39.2. The van der Waals surface area contributed by atoms with E-state index in [0.29, 0.717) is 11.5 Å². The van der Waals surface area contributed by atoms with Crippen molar-refractivity contribution in [1.29, 1.82) is 0 Å². The fraction of sp³-hybridized carbons (Fsp3) is 0.109. The van der Waals surface area contributed by atoms with Gasteiger partial charge < -0.3 is 25.9 Å². The van der Waals surface area contributed by atoms with Crippen LogP contribution < -0.4 is 19.7 Å². The van der Waals surface area contributed by atoms with Crippen molar-refractivity contribution in [3.63, 3.8) is 0 Å². The van der Waals surface area contributed by atoms with Gasteiger partial charge in [-0.15, -0.1) is 29.5 Å². The molecule has 0 N–H and O–H groups in total. The summed E-state index contributed by atoms with van der Waals surface area (Å²) in [5.74, 6) is 2.07. The molecule has 0 unspecified atom stereocenters. The first kappa shape index (κ1) is 40.5. The third-order valence-corrected chi connectivity index (χ3v) is 16.2. The standard InChI is InChI=1S/C54H41N5OSi.CH3.Pt/c1-54(2,3)35-29-30-55-51(31-35)59-45-22-13-21-44(58-42-19-11-9-17-39(42)40-18-10-12-20-43(40)58)52(45)41-27-25-37(32-47(41)59)60-38-26-28-49-48(33-38)57-34-56(36-15-7-6-8-16-36)46-23-14-24-50(53(46)57)61(49,4)5;;/h6-31H,1-5H3;1H3;/q-2;-1;+4. The van der Waals surface area contributed by atoms with Crippen LogP contribution in [0.4, 0.5) is 0 Å². The van der Waals surface area contributed by atoms with Gasteiger partial charge in [0, 0.05) is 47.7 Å². The monoisotopic (exact) mass is 1010 g/mol. The molecule has 63 heavy (non-hydrogen) atoms. The minimum Gasteiger partial charge on any atom is -0.510 e. The van der Waals surface area contributed by atoms with Gasteiger partial charge >= 0.3 is 21.1 Å². The predicted molar refractivity (Wildman–Crippen MR) is 256 cm³/mol. The third-order valence-electron chi connectivity index (χ3n) is 12.7. The smallest absolute Gasteiger partial charge is 0.510 e. The summed E-state index contributed by atoms with van der Waals surface area (Å²) < 4.78 is 15.8. The molecule has 8 heteroatoms. The normalized spacial score (nSPS) is 13.0. The van der Waals surface area contributed by atoms with Crippen LogP contribution >= 0.6 is 0 Å². The number of hydrogen-bond donors (Lipinski definition) is 0. The number of benzene rings is 7. The number of hydrogen-bond acceptors (Lipinski definition) is 2. The maximum atomic E-state index is 6.81. The van der Waals surface area contributed by atoms with Crippen LogP contribution in [-0.2, 0) is 26.5 Å². The average molecular weight is 1010 g/mol. The molecule has 0 amide bonds. The van der Waals surface area contributed by atoms with E-state index in [2.05, 4.69) is 210 Å². The Morgan fingerprint density at radius 1 is 0.635 bits per heavy atom. The van der Waals surface area contributed by atoms with E-state index in [9.17, 15) is 0 Å². The quantitative estimate of drug-likeness (QED) is 0.0979. The molecule has 0 atom stereocenters. The third kappa shape index (κ3) is 6.08. The van der Waals surface area contributed by atoms with Crippen molar-refractivity contribution in [3.05, 3.63) is 189 Å². The van der Waals surface area contributed by atoms with E-state index in [1.54, 1.807) is 0 Å². The molecular formula is C55H44N5OPtSi+. The van der Waals surface area contributed by atoms with E-state index >= 15 is 0 Å². The molecule has 1 aliphatic rings. The number of imidazole rings is 1. The van der Waals surface area contributed by atoms with Gasteiger partial charge in [0.15, 0.2) is 0 Å². The molecule has 1 aliphatic heterocycles. The fourth-order valence-corrected chi connectivity index (χ4v) is 12.6. The molecule has 0 saturated carbocycles. The summed E-state index contributed by atoms with van der Waals surface area (Å²) >= 11 is 0. The molecule has 7 aromatic carbocycles. The average Bonchev–Trinajstić information content (AvgIpc) is 3.94. The Balaban J connectivity index is 0.00000236. The first-order valence-corrected chi connectivity index (χ1v) is 23.9. The minimum atomic E-state index is -2.11. The van der Waals surface area contributed by atoms with E-state index < -0.39 is 8.07 Å². The molecule has 12 rings (SSSR count). The molecule has 4 aromatic heterocycles. The van der Waals surface area contributed by atoms with Gasteiger partial charge in [-0.2, -0.15) is 12.1 Å². The van der Waals surface area contributed by atoms with Crippen molar-refractivity contribution >= 4 is 73.1 Å². The molecular weight excluding hydrogens is 970 g/mol. The van der Waals surface area contributed by atoms with Crippen LogP contribution in [0.1, 0.15) is 26.3 Å². The summed E-state index contributed by atoms with van der Waals surface area (Å²) in [5, 5.41) is 7.33. The van der Waals surface area contributed by atoms with Crippen LogP contribution in [0.5, 0.6) is 11.5 Å². The first-order chi connectivity index (χ1) is 29.6. The number of para-hydroxylation sites is 4. The van der Waals surface area contributed by atoms with Crippen LogP contribution in [0.2, 0.25) is 13.1 Å². The summed E-state index contributed by atoms with van der Waals surface area (Å²) in [7, 11) is -2.11. The first-order valence-electron chi connectivity index (χ1n) is 20.9. The van der Waals surface area contributed by atoms with E-state index in [4.69, 9.17) is 9.72 Å². The van der Waals surface area contributed by atoms with Crippen molar-refractivity contribution in [3.8, 4) is 34.4 Å². The van der Waals surface area contributed by atoms with Crippen molar-refractivity contribution in [2.75, 3.05) is 0 Å². The summed E-state index contributed by atoms with van der Waals surface area (Å²) in [6.07, 6.45) is 5.62. The maximum absolute atomic E-state index is 6.81. The predicted octanol–water partition coefficient (Wildman–Crippen LogP) is 11.6. The number of nitrogens with zero attached hydrogens (tertiary/aromatic N) is 5. The summed E-state index contributed by atoms with van der Waals surface area (Å²) in [6.45, 7) is 11.6. The zero-order valence-electron chi connectivity index (χ0n) is 36.0. The summed E-state index contributed by atoms with van der Waals surface area (Å²) in [5.41, 5.74) is 10.9. The molecule has 308 valence electrons. The fourth-order valence-electron chi connectivity index (χ4n) is 9.68. The van der Waals surface area contributed by atoms with Gasteiger partial charge in [-0.25, -0.2) is 4.98 Å². The molecule has 0 spiro atoms. The van der Waals surface area contributed by atoms with Gasteiger partial charge in [0.2, 0.25) is 0 Å². The Morgan fingerprint density at radius 2 is 1.30 bits per heavy atom. The molecule has 11 aromatic rings. The van der Waals surface area contributed by atoms with Gasteiger partial charge in [0.05, 0.1) is 27.8 Å². The van der Waals surface area contributed by atoms with Crippen LogP contribution in [0.3, 0.4) is 0 Å². The van der Waals surface area contributed by atoms with Crippen molar-refractivity contribution in [2.24, 2.45) is 0 Å². The van der Waals surface area contributed by atoms with E-state index in [0.717, 1.165) is 61.2 Å². The van der Waals surface area contributed by atoms with Crippen molar-refractivity contribution in [1.82, 2.24) is 18.7 Å². The summed E-state index contributed by atoms with van der Waals surface area (Å²) in [6, 6.07) is 61.4. The van der Waals surface area contributed by atoms with Gasteiger partial charge in [-0.3, -0.25) is 4.57 Å². The second-order valence-corrected chi connectivity index (χ2v) is 22.0. The van der Waals surface area contributed by atoms with Crippen LogP contribution in [-0.4, -0.2) is 26.8 Å². The van der Waals surface area contributed by atoms with E-state index in [-0.39, 0.29) is 33.9 Å². The Hall–Kier alpha value is -6.53. The van der Waals surface area contributed by atoms with Crippen LogP contribution in [0.15, 0.2) is 158 Å².